The van der Waals surface area contributed by atoms with Gasteiger partial charge in [-0.05, 0) is 78.3 Å². The number of hydrogen-bond donors (Lipinski definition) is 0. The summed E-state index contributed by atoms with van der Waals surface area (Å²) < 4.78 is 0. The van der Waals surface area contributed by atoms with E-state index in [1.165, 1.54) is 44.5 Å². The fraction of sp³-hybridized carbons (Fsp3) is 0.182. The number of aryl methyl sites for hydroxylation is 1. The van der Waals surface area contributed by atoms with Crippen LogP contribution in [0.3, 0.4) is 0 Å². The van der Waals surface area contributed by atoms with Crippen molar-refractivity contribution in [2.45, 2.75) is 27.7 Å². The highest BCUT2D eigenvalue weighted by Gasteiger charge is 2.09. The fourth-order valence-corrected chi connectivity index (χ4v) is 3.01. The number of rotatable bonds is 2. The predicted octanol–water partition coefficient (Wildman–Crippen LogP) is 6.25. The molecule has 0 amide bonds. The largest absolute Gasteiger partial charge is 0.0622 e. The number of benzene rings is 3. The average Bonchev–Trinajstić information content (AvgIpc) is 2.57. The standard InChI is InChI=1S/C22H22/c1-15-13-22(18(4)17(3)16(15)2)21-12-8-11-20(14-21)19-9-6-5-7-10-19/h5-14H,1-4H3. The second-order valence-corrected chi connectivity index (χ2v) is 6.06. The molecule has 0 aliphatic heterocycles. The minimum atomic E-state index is 1.27. The summed E-state index contributed by atoms with van der Waals surface area (Å²) in [6, 6.07) is 21.7. The summed E-state index contributed by atoms with van der Waals surface area (Å²) in [5.74, 6) is 0. The predicted molar refractivity (Wildman–Crippen MR) is 96.3 cm³/mol. The molecule has 0 aliphatic rings. The molecule has 3 rings (SSSR count). The Morgan fingerprint density at radius 2 is 1.14 bits per heavy atom. The van der Waals surface area contributed by atoms with Crippen LogP contribution in [-0.4, -0.2) is 0 Å². The number of hydrogen-bond acceptors (Lipinski definition) is 0. The third-order valence-corrected chi connectivity index (χ3v) is 4.76. The van der Waals surface area contributed by atoms with E-state index in [9.17, 15) is 0 Å². The third kappa shape index (κ3) is 2.57. The first kappa shape index (κ1) is 14.6. The van der Waals surface area contributed by atoms with Crippen molar-refractivity contribution in [1.29, 1.82) is 0 Å². The van der Waals surface area contributed by atoms with Crippen molar-refractivity contribution in [2.75, 3.05) is 0 Å². The van der Waals surface area contributed by atoms with Crippen molar-refractivity contribution in [3.63, 3.8) is 0 Å². The summed E-state index contributed by atoms with van der Waals surface area (Å²) >= 11 is 0. The molecule has 0 heterocycles. The summed E-state index contributed by atoms with van der Waals surface area (Å²) in [6.45, 7) is 8.86. The van der Waals surface area contributed by atoms with Crippen LogP contribution in [0.1, 0.15) is 22.3 Å². The molecular weight excluding hydrogens is 264 g/mol. The smallest absolute Gasteiger partial charge is 0.0149 e. The fourth-order valence-electron chi connectivity index (χ4n) is 3.01. The van der Waals surface area contributed by atoms with Gasteiger partial charge in [-0.3, -0.25) is 0 Å². The maximum Gasteiger partial charge on any atom is -0.0149 e. The molecule has 0 radical (unpaired) electrons. The van der Waals surface area contributed by atoms with E-state index in [-0.39, 0.29) is 0 Å². The molecule has 0 spiro atoms. The highest BCUT2D eigenvalue weighted by molar-refractivity contribution is 5.76. The zero-order chi connectivity index (χ0) is 15.7. The van der Waals surface area contributed by atoms with Crippen LogP contribution < -0.4 is 0 Å². The van der Waals surface area contributed by atoms with Gasteiger partial charge in [0.2, 0.25) is 0 Å². The molecule has 0 unspecified atom stereocenters. The second-order valence-electron chi connectivity index (χ2n) is 6.06. The molecule has 22 heavy (non-hydrogen) atoms. The highest BCUT2D eigenvalue weighted by Crippen LogP contribution is 2.32. The molecule has 0 saturated heterocycles. The molecule has 0 atom stereocenters. The van der Waals surface area contributed by atoms with Crippen LogP contribution in [0.5, 0.6) is 0 Å². The van der Waals surface area contributed by atoms with E-state index in [1.807, 2.05) is 0 Å². The topological polar surface area (TPSA) is 0 Å². The van der Waals surface area contributed by atoms with Crippen molar-refractivity contribution in [3.8, 4) is 22.3 Å². The first-order chi connectivity index (χ1) is 10.6. The van der Waals surface area contributed by atoms with Crippen LogP contribution in [0.2, 0.25) is 0 Å². The molecule has 0 aromatic heterocycles. The lowest BCUT2D eigenvalue weighted by molar-refractivity contribution is 1.22. The van der Waals surface area contributed by atoms with Crippen molar-refractivity contribution >= 4 is 0 Å². The summed E-state index contributed by atoms with van der Waals surface area (Å²) in [4.78, 5) is 0. The Hall–Kier alpha value is -2.34. The summed E-state index contributed by atoms with van der Waals surface area (Å²) in [6.07, 6.45) is 0. The first-order valence-electron chi connectivity index (χ1n) is 7.81. The Kier molecular flexibility index (Phi) is 3.85. The lowest BCUT2D eigenvalue weighted by atomic mass is 9.90. The lowest BCUT2D eigenvalue weighted by Crippen LogP contribution is -1.94. The van der Waals surface area contributed by atoms with Gasteiger partial charge >= 0.3 is 0 Å². The first-order valence-corrected chi connectivity index (χ1v) is 7.81. The van der Waals surface area contributed by atoms with Gasteiger partial charge in [0.25, 0.3) is 0 Å². The Morgan fingerprint density at radius 1 is 0.500 bits per heavy atom. The molecule has 0 saturated carbocycles. The minimum absolute atomic E-state index is 1.27. The van der Waals surface area contributed by atoms with Gasteiger partial charge in [0, 0.05) is 0 Å². The average molecular weight is 286 g/mol. The van der Waals surface area contributed by atoms with Crippen LogP contribution in [0, 0.1) is 27.7 Å². The molecule has 0 fully saturated rings. The van der Waals surface area contributed by atoms with E-state index in [4.69, 9.17) is 0 Å². The van der Waals surface area contributed by atoms with E-state index in [0.717, 1.165) is 0 Å². The van der Waals surface area contributed by atoms with Gasteiger partial charge in [-0.1, -0.05) is 54.6 Å². The maximum absolute atomic E-state index is 2.32. The van der Waals surface area contributed by atoms with Crippen LogP contribution in [-0.2, 0) is 0 Å². The van der Waals surface area contributed by atoms with Crippen LogP contribution in [0.4, 0.5) is 0 Å². The Morgan fingerprint density at radius 3 is 1.86 bits per heavy atom. The van der Waals surface area contributed by atoms with Gasteiger partial charge in [0.05, 0.1) is 0 Å². The van der Waals surface area contributed by atoms with Crippen molar-refractivity contribution in [3.05, 3.63) is 82.9 Å². The minimum Gasteiger partial charge on any atom is -0.0622 e. The van der Waals surface area contributed by atoms with Gasteiger partial charge < -0.3 is 0 Å². The van der Waals surface area contributed by atoms with Crippen molar-refractivity contribution < 1.29 is 0 Å². The Balaban J connectivity index is 2.15. The Labute approximate surface area is 133 Å². The van der Waals surface area contributed by atoms with E-state index in [0.29, 0.717) is 0 Å². The summed E-state index contributed by atoms with van der Waals surface area (Å²) in [5, 5.41) is 0. The van der Waals surface area contributed by atoms with E-state index < -0.39 is 0 Å². The van der Waals surface area contributed by atoms with E-state index in [2.05, 4.69) is 88.4 Å². The second kappa shape index (κ2) is 5.81. The normalized spacial score (nSPS) is 10.7. The van der Waals surface area contributed by atoms with Crippen LogP contribution in [0.25, 0.3) is 22.3 Å². The van der Waals surface area contributed by atoms with Crippen LogP contribution >= 0.6 is 0 Å². The molecule has 0 aliphatic carbocycles. The van der Waals surface area contributed by atoms with Crippen molar-refractivity contribution in [1.82, 2.24) is 0 Å². The zero-order valence-electron chi connectivity index (χ0n) is 13.8. The van der Waals surface area contributed by atoms with Gasteiger partial charge in [-0.15, -0.1) is 0 Å². The molecule has 110 valence electrons. The highest BCUT2D eigenvalue weighted by atomic mass is 14.1. The van der Waals surface area contributed by atoms with Gasteiger partial charge in [0.15, 0.2) is 0 Å². The quantitative estimate of drug-likeness (QED) is 0.522. The molecule has 3 aromatic rings. The van der Waals surface area contributed by atoms with Gasteiger partial charge in [-0.25, -0.2) is 0 Å². The molecular formula is C22H22. The molecule has 0 N–H and O–H groups in total. The monoisotopic (exact) mass is 286 g/mol. The van der Waals surface area contributed by atoms with Crippen molar-refractivity contribution in [2.24, 2.45) is 0 Å². The molecule has 0 bridgehead atoms. The van der Waals surface area contributed by atoms with Gasteiger partial charge in [0.1, 0.15) is 0 Å². The van der Waals surface area contributed by atoms with E-state index >= 15 is 0 Å². The lowest BCUT2D eigenvalue weighted by Gasteiger charge is -2.15. The van der Waals surface area contributed by atoms with Gasteiger partial charge in [-0.2, -0.15) is 0 Å². The maximum atomic E-state index is 2.32. The molecule has 0 heteroatoms. The zero-order valence-corrected chi connectivity index (χ0v) is 13.8. The SMILES string of the molecule is Cc1cc(-c2cccc(-c3ccccc3)c2)c(C)c(C)c1C. The molecule has 3 aromatic carbocycles. The summed E-state index contributed by atoms with van der Waals surface area (Å²) in [7, 11) is 0. The third-order valence-electron chi connectivity index (χ3n) is 4.76. The Bertz CT molecular complexity index is 811. The summed E-state index contributed by atoms with van der Waals surface area (Å²) in [5.41, 5.74) is 10.7. The molecule has 0 nitrogen and oxygen atoms in total. The van der Waals surface area contributed by atoms with E-state index in [1.54, 1.807) is 0 Å². The van der Waals surface area contributed by atoms with Crippen LogP contribution in [0.15, 0.2) is 60.7 Å².